The average Bonchev–Trinajstić information content (AvgIpc) is 2.70. The number of hydrogen-bond donors (Lipinski definition) is 1. The summed E-state index contributed by atoms with van der Waals surface area (Å²) in [6.45, 7) is 9.81. The summed E-state index contributed by atoms with van der Waals surface area (Å²) >= 11 is 0. The van der Waals surface area contributed by atoms with Crippen molar-refractivity contribution >= 4 is 0 Å². The lowest BCUT2D eigenvalue weighted by molar-refractivity contribution is 0.417. The highest BCUT2D eigenvalue weighted by Gasteiger charge is 2.12. The van der Waals surface area contributed by atoms with Crippen LogP contribution in [0.3, 0.4) is 0 Å². The summed E-state index contributed by atoms with van der Waals surface area (Å²) < 4.78 is 2.00. The molecule has 1 rings (SSSR count). The predicted octanol–water partition coefficient (Wildman–Crippen LogP) is 4.66. The summed E-state index contributed by atoms with van der Waals surface area (Å²) in [6, 6.07) is 0.669. The third kappa shape index (κ3) is 6.21. The fourth-order valence-corrected chi connectivity index (χ4v) is 2.95. The molecule has 1 aromatic rings. The van der Waals surface area contributed by atoms with Crippen LogP contribution in [0.25, 0.3) is 0 Å². The molecule has 0 atom stereocenters. The predicted molar refractivity (Wildman–Crippen MR) is 91.6 cm³/mol. The summed E-state index contributed by atoms with van der Waals surface area (Å²) in [7, 11) is 2.03. The van der Waals surface area contributed by atoms with Crippen molar-refractivity contribution in [2.45, 2.75) is 91.6 Å². The molecule has 0 bridgehead atoms. The lowest BCUT2D eigenvalue weighted by Crippen LogP contribution is -2.29. The van der Waals surface area contributed by atoms with E-state index in [1.807, 2.05) is 11.7 Å². The maximum atomic E-state index is 4.52. The van der Waals surface area contributed by atoms with Gasteiger partial charge in [-0.05, 0) is 26.7 Å². The molecule has 0 radical (unpaired) electrons. The van der Waals surface area contributed by atoms with Crippen molar-refractivity contribution in [1.82, 2.24) is 15.1 Å². The van der Waals surface area contributed by atoms with Crippen LogP contribution in [-0.2, 0) is 13.6 Å². The zero-order valence-corrected chi connectivity index (χ0v) is 14.8. The van der Waals surface area contributed by atoms with E-state index in [1.54, 1.807) is 0 Å². The van der Waals surface area contributed by atoms with Gasteiger partial charge in [0.15, 0.2) is 0 Å². The minimum absolute atomic E-state index is 0.669. The van der Waals surface area contributed by atoms with Crippen molar-refractivity contribution in [2.24, 2.45) is 7.05 Å². The number of nitrogens with one attached hydrogen (secondary N) is 1. The van der Waals surface area contributed by atoms with E-state index < -0.39 is 0 Å². The van der Waals surface area contributed by atoms with Gasteiger partial charge in [0.2, 0.25) is 0 Å². The van der Waals surface area contributed by atoms with E-state index in [4.69, 9.17) is 0 Å². The second kappa shape index (κ2) is 9.99. The molecule has 122 valence electrons. The van der Waals surface area contributed by atoms with Gasteiger partial charge in [0.1, 0.15) is 0 Å². The lowest BCUT2D eigenvalue weighted by Gasteiger charge is -2.19. The lowest BCUT2D eigenvalue weighted by atomic mass is 10.0. The Balaban J connectivity index is 2.50. The third-order valence-corrected chi connectivity index (χ3v) is 4.54. The van der Waals surface area contributed by atoms with Gasteiger partial charge in [0.05, 0.1) is 5.69 Å². The molecule has 3 heteroatoms. The number of hydrogen-bond acceptors (Lipinski definition) is 2. The van der Waals surface area contributed by atoms with Crippen LogP contribution < -0.4 is 5.32 Å². The highest BCUT2D eigenvalue weighted by molar-refractivity contribution is 5.24. The Kier molecular flexibility index (Phi) is 8.67. The molecule has 1 N–H and O–H groups in total. The monoisotopic (exact) mass is 293 g/mol. The molecular weight excluding hydrogens is 258 g/mol. The molecule has 0 aliphatic rings. The van der Waals surface area contributed by atoms with Crippen molar-refractivity contribution in [2.75, 3.05) is 0 Å². The van der Waals surface area contributed by atoms with Gasteiger partial charge >= 0.3 is 0 Å². The second-order valence-electron chi connectivity index (χ2n) is 6.34. The third-order valence-electron chi connectivity index (χ3n) is 4.54. The van der Waals surface area contributed by atoms with Crippen molar-refractivity contribution in [3.05, 3.63) is 17.0 Å². The first kappa shape index (κ1) is 18.2. The van der Waals surface area contributed by atoms with Crippen LogP contribution >= 0.6 is 0 Å². The number of aryl methyl sites for hydroxylation is 2. The molecule has 0 amide bonds. The maximum Gasteiger partial charge on any atom is 0.0641 e. The maximum absolute atomic E-state index is 4.52. The molecule has 3 nitrogen and oxygen atoms in total. The molecule has 1 heterocycles. The number of rotatable bonds is 11. The van der Waals surface area contributed by atoms with Gasteiger partial charge in [0.25, 0.3) is 0 Å². The van der Waals surface area contributed by atoms with Crippen LogP contribution in [0.5, 0.6) is 0 Å². The van der Waals surface area contributed by atoms with Crippen molar-refractivity contribution in [1.29, 1.82) is 0 Å². The van der Waals surface area contributed by atoms with Crippen LogP contribution in [0.4, 0.5) is 0 Å². The van der Waals surface area contributed by atoms with Gasteiger partial charge in [-0.25, -0.2) is 0 Å². The summed E-state index contributed by atoms with van der Waals surface area (Å²) in [5, 5.41) is 8.31. The van der Waals surface area contributed by atoms with E-state index in [9.17, 15) is 0 Å². The van der Waals surface area contributed by atoms with E-state index in [1.165, 1.54) is 68.3 Å². The van der Waals surface area contributed by atoms with Crippen LogP contribution in [-0.4, -0.2) is 15.8 Å². The first-order chi connectivity index (χ1) is 10.1. The van der Waals surface area contributed by atoms with Crippen molar-refractivity contribution < 1.29 is 0 Å². The summed E-state index contributed by atoms with van der Waals surface area (Å²) in [5.74, 6) is 0. The van der Waals surface area contributed by atoms with Crippen LogP contribution in [0.1, 0.15) is 82.2 Å². The van der Waals surface area contributed by atoms with Gasteiger partial charge in [-0.2, -0.15) is 5.10 Å². The highest BCUT2D eigenvalue weighted by Crippen LogP contribution is 2.15. The smallest absolute Gasteiger partial charge is 0.0641 e. The van der Waals surface area contributed by atoms with Gasteiger partial charge < -0.3 is 5.32 Å². The molecule has 0 spiro atoms. The molecule has 0 aliphatic carbocycles. The number of unbranched alkanes of at least 4 members (excludes halogenated alkanes) is 4. The van der Waals surface area contributed by atoms with Gasteiger partial charge in [-0.3, -0.25) is 4.68 Å². The Bertz CT molecular complexity index is 385. The summed E-state index contributed by atoms with van der Waals surface area (Å²) in [6.07, 6.45) is 10.7. The Hall–Kier alpha value is -0.830. The molecule has 0 fully saturated rings. The average molecular weight is 293 g/mol. The summed E-state index contributed by atoms with van der Waals surface area (Å²) in [4.78, 5) is 0. The van der Waals surface area contributed by atoms with Crippen LogP contribution in [0.15, 0.2) is 0 Å². The molecule has 0 saturated carbocycles. The Morgan fingerprint density at radius 3 is 2.00 bits per heavy atom. The highest BCUT2D eigenvalue weighted by atomic mass is 15.3. The molecule has 0 saturated heterocycles. The normalized spacial score (nSPS) is 11.5. The zero-order valence-electron chi connectivity index (χ0n) is 14.8. The minimum atomic E-state index is 0.669. The van der Waals surface area contributed by atoms with Crippen molar-refractivity contribution in [3.63, 3.8) is 0 Å². The number of aromatic nitrogens is 2. The van der Waals surface area contributed by atoms with E-state index >= 15 is 0 Å². The fraction of sp³-hybridized carbons (Fsp3) is 0.833. The van der Waals surface area contributed by atoms with E-state index in [0.717, 1.165) is 6.54 Å². The van der Waals surface area contributed by atoms with Gasteiger partial charge in [-0.15, -0.1) is 0 Å². The minimum Gasteiger partial charge on any atom is -0.310 e. The second-order valence-corrected chi connectivity index (χ2v) is 6.34. The quantitative estimate of drug-likeness (QED) is 0.602. The Morgan fingerprint density at radius 1 is 1.00 bits per heavy atom. The SMILES string of the molecule is CCCCCC(CCCCC)NCc1c(C)nn(C)c1C. The largest absolute Gasteiger partial charge is 0.310 e. The Morgan fingerprint density at radius 2 is 1.57 bits per heavy atom. The summed E-state index contributed by atoms with van der Waals surface area (Å²) in [5.41, 5.74) is 3.85. The standard InChI is InChI=1S/C18H35N3/c1-6-8-10-12-17(13-11-9-7-2)19-14-18-15(3)20-21(5)16(18)4/h17,19H,6-14H2,1-5H3. The Labute approximate surface area is 131 Å². The van der Waals surface area contributed by atoms with E-state index in [2.05, 4.69) is 38.1 Å². The van der Waals surface area contributed by atoms with Crippen LogP contribution in [0, 0.1) is 13.8 Å². The molecular formula is C18H35N3. The van der Waals surface area contributed by atoms with Gasteiger partial charge in [0, 0.05) is 30.9 Å². The first-order valence-corrected chi connectivity index (χ1v) is 8.82. The van der Waals surface area contributed by atoms with Crippen LogP contribution in [0.2, 0.25) is 0 Å². The first-order valence-electron chi connectivity index (χ1n) is 8.82. The number of nitrogens with zero attached hydrogens (tertiary/aromatic N) is 2. The van der Waals surface area contributed by atoms with Gasteiger partial charge in [-0.1, -0.05) is 52.4 Å². The van der Waals surface area contributed by atoms with E-state index in [0.29, 0.717) is 6.04 Å². The molecule has 0 aliphatic heterocycles. The topological polar surface area (TPSA) is 29.9 Å². The molecule has 0 unspecified atom stereocenters. The zero-order chi connectivity index (χ0) is 15.7. The molecule has 0 aromatic carbocycles. The van der Waals surface area contributed by atoms with E-state index in [-0.39, 0.29) is 0 Å². The fourth-order valence-electron chi connectivity index (χ4n) is 2.95. The molecule has 1 aromatic heterocycles. The molecule has 21 heavy (non-hydrogen) atoms. The van der Waals surface area contributed by atoms with Crippen molar-refractivity contribution in [3.8, 4) is 0 Å².